The molecule has 1 aliphatic carbocycles. The number of aromatic amines is 1. The average molecular weight is 267 g/mol. The highest BCUT2D eigenvalue weighted by Crippen LogP contribution is 2.41. The Bertz CT molecular complexity index is 618. The van der Waals surface area contributed by atoms with E-state index in [2.05, 4.69) is 49.3 Å². The lowest BCUT2D eigenvalue weighted by atomic mass is 9.77. The Morgan fingerprint density at radius 2 is 2.15 bits per heavy atom. The van der Waals surface area contributed by atoms with Gasteiger partial charge in [-0.2, -0.15) is 0 Å². The van der Waals surface area contributed by atoms with Crippen molar-refractivity contribution in [1.29, 1.82) is 0 Å². The Morgan fingerprint density at radius 1 is 1.25 bits per heavy atom. The quantitative estimate of drug-likeness (QED) is 0.713. The molecular formula is C19H25N. The van der Waals surface area contributed by atoms with Gasteiger partial charge in [-0.1, -0.05) is 51.3 Å². The third-order valence-corrected chi connectivity index (χ3v) is 4.56. The van der Waals surface area contributed by atoms with Gasteiger partial charge in [0.05, 0.1) is 0 Å². The number of hydrogen-bond donors (Lipinski definition) is 1. The molecule has 1 nitrogen and oxygen atoms in total. The Labute approximate surface area is 122 Å². The van der Waals surface area contributed by atoms with Crippen molar-refractivity contribution in [2.24, 2.45) is 5.92 Å². The summed E-state index contributed by atoms with van der Waals surface area (Å²) in [7, 11) is 0. The van der Waals surface area contributed by atoms with Crippen LogP contribution in [0.5, 0.6) is 0 Å². The number of benzene rings is 1. The lowest BCUT2D eigenvalue weighted by molar-refractivity contribution is 0.563. The van der Waals surface area contributed by atoms with E-state index in [1.165, 1.54) is 60.6 Å². The molecule has 0 radical (unpaired) electrons. The summed E-state index contributed by atoms with van der Waals surface area (Å²) in [6, 6.07) is 6.71. The van der Waals surface area contributed by atoms with Crippen molar-refractivity contribution in [3.05, 3.63) is 41.6 Å². The van der Waals surface area contributed by atoms with Gasteiger partial charge in [-0.3, -0.25) is 0 Å². The topological polar surface area (TPSA) is 15.8 Å². The van der Waals surface area contributed by atoms with Gasteiger partial charge in [-0.05, 0) is 47.9 Å². The summed E-state index contributed by atoms with van der Waals surface area (Å²) >= 11 is 0. The normalized spacial score (nSPS) is 19.9. The Hall–Kier alpha value is -1.50. The fraction of sp³-hybridized carbons (Fsp3) is 0.474. The van der Waals surface area contributed by atoms with E-state index < -0.39 is 0 Å². The third-order valence-electron chi connectivity index (χ3n) is 4.56. The zero-order valence-electron chi connectivity index (χ0n) is 12.7. The Balaban J connectivity index is 2.06. The van der Waals surface area contributed by atoms with Gasteiger partial charge < -0.3 is 4.98 Å². The molecular weight excluding hydrogens is 242 g/mol. The minimum absolute atomic E-state index is 0.718. The summed E-state index contributed by atoms with van der Waals surface area (Å²) < 4.78 is 0. The van der Waals surface area contributed by atoms with E-state index in [4.69, 9.17) is 0 Å². The van der Waals surface area contributed by atoms with Crippen LogP contribution in [0.25, 0.3) is 16.5 Å². The first-order valence-electron chi connectivity index (χ1n) is 8.14. The molecule has 3 rings (SSSR count). The highest BCUT2D eigenvalue weighted by Gasteiger charge is 2.25. The molecule has 0 amide bonds. The molecule has 0 bridgehead atoms. The maximum absolute atomic E-state index is 3.45. The molecule has 106 valence electrons. The maximum Gasteiger partial charge on any atom is 0.0462 e. The lowest BCUT2D eigenvalue weighted by Gasteiger charge is -2.26. The van der Waals surface area contributed by atoms with Crippen molar-refractivity contribution in [3.8, 4) is 0 Å². The molecule has 0 saturated heterocycles. The summed E-state index contributed by atoms with van der Waals surface area (Å²) in [4.78, 5) is 3.45. The predicted molar refractivity (Wildman–Crippen MR) is 87.9 cm³/mol. The van der Waals surface area contributed by atoms with Crippen LogP contribution in [0, 0.1) is 5.92 Å². The summed E-state index contributed by atoms with van der Waals surface area (Å²) in [5, 5.41) is 1.47. The van der Waals surface area contributed by atoms with Gasteiger partial charge in [-0.25, -0.2) is 0 Å². The fourth-order valence-electron chi connectivity index (χ4n) is 3.54. The van der Waals surface area contributed by atoms with Crippen molar-refractivity contribution in [2.45, 2.75) is 52.4 Å². The van der Waals surface area contributed by atoms with E-state index in [0.717, 1.165) is 5.92 Å². The number of nitrogens with one attached hydrogen (secondary N) is 1. The molecule has 1 aromatic heterocycles. The summed E-state index contributed by atoms with van der Waals surface area (Å²) in [5.41, 5.74) is 5.91. The lowest BCUT2D eigenvalue weighted by Crippen LogP contribution is -2.12. The number of unbranched alkanes of at least 4 members (excludes halogenated alkanes) is 2. The van der Waals surface area contributed by atoms with Gasteiger partial charge in [0.2, 0.25) is 0 Å². The molecule has 1 heterocycles. The van der Waals surface area contributed by atoms with Crippen LogP contribution in [-0.4, -0.2) is 4.98 Å². The summed E-state index contributed by atoms with van der Waals surface area (Å²) in [6.45, 7) is 4.56. The molecule has 0 fully saturated rings. The Morgan fingerprint density at radius 3 is 2.95 bits per heavy atom. The van der Waals surface area contributed by atoms with Crippen LogP contribution in [0.15, 0.2) is 30.5 Å². The van der Waals surface area contributed by atoms with E-state index in [0.29, 0.717) is 0 Å². The third kappa shape index (κ3) is 2.30. The first kappa shape index (κ1) is 13.5. The predicted octanol–water partition coefficient (Wildman–Crippen LogP) is 5.71. The number of aromatic nitrogens is 1. The van der Waals surface area contributed by atoms with Crippen LogP contribution in [0.3, 0.4) is 0 Å². The largest absolute Gasteiger partial charge is 0.361 e. The SMILES string of the molecule is CCC/C=C1/c2cccc3[nH]cc(c23)CC1CCCC. The number of allylic oxidation sites excluding steroid dienone is 2. The van der Waals surface area contributed by atoms with Crippen molar-refractivity contribution >= 4 is 16.5 Å². The van der Waals surface area contributed by atoms with Crippen molar-refractivity contribution < 1.29 is 0 Å². The maximum atomic E-state index is 3.45. The molecule has 1 aliphatic rings. The van der Waals surface area contributed by atoms with Crippen LogP contribution in [-0.2, 0) is 6.42 Å². The minimum Gasteiger partial charge on any atom is -0.361 e. The first-order valence-corrected chi connectivity index (χ1v) is 8.14. The monoisotopic (exact) mass is 267 g/mol. The highest BCUT2D eigenvalue weighted by atomic mass is 14.7. The molecule has 2 aromatic rings. The summed E-state index contributed by atoms with van der Waals surface area (Å²) in [6.07, 6.45) is 12.3. The second-order valence-corrected chi connectivity index (χ2v) is 6.03. The van der Waals surface area contributed by atoms with E-state index in [-0.39, 0.29) is 0 Å². The zero-order chi connectivity index (χ0) is 13.9. The van der Waals surface area contributed by atoms with Crippen molar-refractivity contribution in [1.82, 2.24) is 4.98 Å². The molecule has 0 saturated carbocycles. The standard InChI is InChI=1S/C19H25N/c1-3-5-8-14-12-15-13-20-18-11-7-10-17(19(15)18)16(14)9-6-4-2/h7,9-11,13-14,20H,3-6,8,12H2,1-2H3/b16-9+. The van der Waals surface area contributed by atoms with Gasteiger partial charge in [0.1, 0.15) is 0 Å². The second kappa shape index (κ2) is 5.87. The number of hydrogen-bond acceptors (Lipinski definition) is 0. The Kier molecular flexibility index (Phi) is 3.95. The van der Waals surface area contributed by atoms with E-state index in [1.54, 1.807) is 5.57 Å². The van der Waals surface area contributed by atoms with Crippen LogP contribution in [0.2, 0.25) is 0 Å². The van der Waals surface area contributed by atoms with Crippen LogP contribution < -0.4 is 0 Å². The van der Waals surface area contributed by atoms with Gasteiger partial charge in [0, 0.05) is 17.1 Å². The molecule has 1 heteroatoms. The molecule has 1 N–H and O–H groups in total. The van der Waals surface area contributed by atoms with Gasteiger partial charge >= 0.3 is 0 Å². The molecule has 1 unspecified atom stereocenters. The molecule has 1 aromatic carbocycles. The minimum atomic E-state index is 0.718. The number of rotatable bonds is 5. The van der Waals surface area contributed by atoms with Crippen molar-refractivity contribution in [2.75, 3.05) is 0 Å². The van der Waals surface area contributed by atoms with Crippen LogP contribution in [0.4, 0.5) is 0 Å². The fourth-order valence-corrected chi connectivity index (χ4v) is 3.54. The molecule has 20 heavy (non-hydrogen) atoms. The van der Waals surface area contributed by atoms with Gasteiger partial charge in [0.15, 0.2) is 0 Å². The number of H-pyrrole nitrogens is 1. The molecule has 0 aliphatic heterocycles. The van der Waals surface area contributed by atoms with Crippen LogP contribution in [0.1, 0.15) is 57.1 Å². The highest BCUT2D eigenvalue weighted by molar-refractivity contribution is 5.97. The van der Waals surface area contributed by atoms with E-state index >= 15 is 0 Å². The van der Waals surface area contributed by atoms with Crippen molar-refractivity contribution in [3.63, 3.8) is 0 Å². The second-order valence-electron chi connectivity index (χ2n) is 6.03. The molecule has 0 spiro atoms. The first-order chi connectivity index (χ1) is 9.85. The van der Waals surface area contributed by atoms with Gasteiger partial charge in [0.25, 0.3) is 0 Å². The zero-order valence-corrected chi connectivity index (χ0v) is 12.7. The molecule has 1 atom stereocenters. The van der Waals surface area contributed by atoms with Gasteiger partial charge in [-0.15, -0.1) is 0 Å². The van der Waals surface area contributed by atoms with Crippen LogP contribution >= 0.6 is 0 Å². The van der Waals surface area contributed by atoms with E-state index in [9.17, 15) is 0 Å². The smallest absolute Gasteiger partial charge is 0.0462 e. The average Bonchev–Trinajstić information content (AvgIpc) is 2.89. The van der Waals surface area contributed by atoms with E-state index in [1.807, 2.05) is 0 Å². The summed E-state index contributed by atoms with van der Waals surface area (Å²) in [5.74, 6) is 0.718.